The van der Waals surface area contributed by atoms with Crippen molar-refractivity contribution in [1.29, 1.82) is 0 Å². The van der Waals surface area contributed by atoms with Gasteiger partial charge in [0.25, 0.3) is 0 Å². The maximum atomic E-state index is 10.2. The molecule has 0 aliphatic heterocycles. The molecule has 1 aromatic rings. The number of aliphatic hydroxyl groups is 1. The van der Waals surface area contributed by atoms with Crippen LogP contribution in [0.4, 0.5) is 0 Å². The lowest BCUT2D eigenvalue weighted by molar-refractivity contribution is -0.0238. The van der Waals surface area contributed by atoms with Crippen LogP contribution in [0, 0.1) is 28.6 Å². The predicted molar refractivity (Wildman–Crippen MR) is 105 cm³/mol. The third-order valence-corrected chi connectivity index (χ3v) is 8.40. The summed E-state index contributed by atoms with van der Waals surface area (Å²) in [7, 11) is 0. The molecule has 0 saturated heterocycles. The minimum Gasteiger partial charge on any atom is -0.393 e. The summed E-state index contributed by atoms with van der Waals surface area (Å²) in [4.78, 5) is 3.95. The van der Waals surface area contributed by atoms with Gasteiger partial charge in [-0.05, 0) is 90.7 Å². The van der Waals surface area contributed by atoms with Crippen LogP contribution in [-0.4, -0.2) is 16.2 Å². The highest BCUT2D eigenvalue weighted by Crippen LogP contribution is 2.66. The van der Waals surface area contributed by atoms with Crippen LogP contribution in [0.1, 0.15) is 69.8 Å². The third kappa shape index (κ3) is 2.24. The topological polar surface area (TPSA) is 33.1 Å². The summed E-state index contributed by atoms with van der Waals surface area (Å²) >= 11 is 0. The molecule has 2 fully saturated rings. The molecule has 5 rings (SSSR count). The lowest BCUT2D eigenvalue weighted by atomic mass is 9.47. The van der Waals surface area contributed by atoms with Crippen LogP contribution >= 0.6 is 0 Å². The van der Waals surface area contributed by atoms with Gasteiger partial charge in [0.1, 0.15) is 0 Å². The third-order valence-electron chi connectivity index (χ3n) is 8.40. The van der Waals surface area contributed by atoms with E-state index in [2.05, 4.69) is 31.0 Å². The van der Waals surface area contributed by atoms with E-state index in [0.29, 0.717) is 23.3 Å². The smallest absolute Gasteiger partial charge is 0.0846 e. The average Bonchev–Trinajstić information content (AvgIpc) is 3.04. The number of hydrogen-bond donors (Lipinski definition) is 1. The fourth-order valence-corrected chi connectivity index (χ4v) is 6.95. The van der Waals surface area contributed by atoms with E-state index < -0.39 is 0 Å². The zero-order valence-corrected chi connectivity index (χ0v) is 15.8. The molecule has 0 radical (unpaired) electrons. The second kappa shape index (κ2) is 5.79. The van der Waals surface area contributed by atoms with Crippen molar-refractivity contribution in [3.05, 3.63) is 47.7 Å². The van der Waals surface area contributed by atoms with Crippen molar-refractivity contribution < 1.29 is 10.6 Å². The maximum Gasteiger partial charge on any atom is 0.0846 e. The van der Waals surface area contributed by atoms with Gasteiger partial charge >= 0.3 is 0 Å². The molecule has 26 heavy (non-hydrogen) atoms. The van der Waals surface area contributed by atoms with Crippen molar-refractivity contribution in [1.82, 2.24) is 4.98 Å². The van der Waals surface area contributed by atoms with E-state index in [1.807, 2.05) is 0 Å². The van der Waals surface area contributed by atoms with Crippen molar-refractivity contribution in [3.63, 3.8) is 0 Å². The van der Waals surface area contributed by atoms with Crippen LogP contribution < -0.4 is 0 Å². The molecular formula is C24H31NO. The highest BCUT2D eigenvalue weighted by atomic mass is 16.3. The molecule has 4 aliphatic carbocycles. The first kappa shape index (κ1) is 12.9. The molecule has 138 valence electrons. The predicted octanol–water partition coefficient (Wildman–Crippen LogP) is 5.40. The van der Waals surface area contributed by atoms with Crippen LogP contribution in [0.5, 0.6) is 0 Å². The van der Waals surface area contributed by atoms with Crippen LogP contribution in [-0.2, 0) is 0 Å². The van der Waals surface area contributed by atoms with Gasteiger partial charge in [0.15, 0.2) is 0 Å². The largest absolute Gasteiger partial charge is 0.393 e. The summed E-state index contributed by atoms with van der Waals surface area (Å²) in [5.41, 5.74) is 3.03. The van der Waals surface area contributed by atoms with Crippen LogP contribution in [0.2, 0.25) is 0 Å². The second-order valence-corrected chi connectivity index (χ2v) is 9.43. The molecule has 6 atom stereocenters. The standard InChI is InChI=1S/C24H31NO/c1-23-11-9-18(26)14-17(23)5-6-19-21-8-7-20(16-4-3-13-25-15-16)24(21,2)12-10-22(19)23/h3-5,7,13,15,18-19,21-22,26H,6,8-12,14H2,1-2H3/t18-,19?,21?,22?,23-,24+/m0/s1/i3D,4D,13D,15D. The quantitative estimate of drug-likeness (QED) is 0.686. The normalized spacial score (nSPS) is 46.6. The summed E-state index contributed by atoms with van der Waals surface area (Å²) in [6, 6.07) is -0.199. The van der Waals surface area contributed by atoms with Gasteiger partial charge in [0, 0.05) is 12.3 Å². The molecule has 2 nitrogen and oxygen atoms in total. The van der Waals surface area contributed by atoms with Gasteiger partial charge in [-0.3, -0.25) is 4.98 Å². The molecule has 2 heteroatoms. The molecule has 0 aromatic carbocycles. The Morgan fingerprint density at radius 3 is 2.85 bits per heavy atom. The SMILES string of the molecule is [2H]c1nc([2H])c(C2=CCC3C4CC=C5C[C@@H](O)CC[C@]5(C)C4CC[C@]23C)c([2H])c1[2H]. The molecule has 4 aliphatic rings. The molecule has 0 amide bonds. The first-order valence-corrected chi connectivity index (χ1v) is 10.2. The summed E-state index contributed by atoms with van der Waals surface area (Å²) < 4.78 is 32.6. The maximum absolute atomic E-state index is 10.2. The Morgan fingerprint density at radius 2 is 1.96 bits per heavy atom. The molecule has 1 aromatic heterocycles. The zero-order chi connectivity index (χ0) is 21.4. The van der Waals surface area contributed by atoms with Crippen molar-refractivity contribution >= 4 is 5.57 Å². The average molecular weight is 354 g/mol. The molecule has 2 saturated carbocycles. The summed E-state index contributed by atoms with van der Waals surface area (Å²) in [6.07, 6.45) is 11.0. The minimum atomic E-state index is -0.282. The fraction of sp³-hybridized carbons (Fsp3) is 0.625. The molecule has 0 bridgehead atoms. The van der Waals surface area contributed by atoms with E-state index in [1.165, 1.54) is 5.57 Å². The number of aromatic nitrogens is 1. The van der Waals surface area contributed by atoms with E-state index in [0.717, 1.165) is 50.5 Å². The second-order valence-electron chi connectivity index (χ2n) is 9.43. The number of hydrogen-bond acceptors (Lipinski definition) is 2. The van der Waals surface area contributed by atoms with E-state index in [9.17, 15) is 5.11 Å². The van der Waals surface area contributed by atoms with Crippen molar-refractivity contribution in [2.75, 3.05) is 0 Å². The van der Waals surface area contributed by atoms with Gasteiger partial charge in [-0.1, -0.05) is 37.6 Å². The number of rotatable bonds is 1. The van der Waals surface area contributed by atoms with Gasteiger partial charge in [-0.2, -0.15) is 0 Å². The van der Waals surface area contributed by atoms with Gasteiger partial charge in [0.05, 0.1) is 11.6 Å². The number of fused-ring (bicyclic) bond motifs is 5. The minimum absolute atomic E-state index is 0.0192. The lowest BCUT2D eigenvalue weighted by Crippen LogP contribution is -2.49. The Balaban J connectivity index is 1.52. The Bertz CT molecular complexity index is 972. The highest BCUT2D eigenvalue weighted by Gasteiger charge is 2.56. The Hall–Kier alpha value is -1.41. The number of allylic oxidation sites excluding steroid dienone is 3. The van der Waals surface area contributed by atoms with E-state index in [-0.39, 0.29) is 41.4 Å². The van der Waals surface area contributed by atoms with Gasteiger partial charge < -0.3 is 5.11 Å². The Labute approximate surface area is 163 Å². The zero-order valence-electron chi connectivity index (χ0n) is 19.8. The molecular weight excluding hydrogens is 318 g/mol. The first-order chi connectivity index (χ1) is 14.2. The lowest BCUT2D eigenvalue weighted by Gasteiger charge is -2.57. The van der Waals surface area contributed by atoms with E-state index in [1.54, 1.807) is 0 Å². The number of pyridine rings is 1. The van der Waals surface area contributed by atoms with Crippen molar-refractivity contribution in [3.8, 4) is 0 Å². The van der Waals surface area contributed by atoms with Crippen LogP contribution in [0.15, 0.2) is 42.2 Å². The van der Waals surface area contributed by atoms with E-state index >= 15 is 0 Å². The van der Waals surface area contributed by atoms with Gasteiger partial charge in [-0.25, -0.2) is 0 Å². The summed E-state index contributed by atoms with van der Waals surface area (Å²) in [5, 5.41) is 10.2. The van der Waals surface area contributed by atoms with Crippen LogP contribution in [0.25, 0.3) is 5.57 Å². The highest BCUT2D eigenvalue weighted by molar-refractivity contribution is 5.72. The van der Waals surface area contributed by atoms with Gasteiger partial charge in [0.2, 0.25) is 0 Å². The van der Waals surface area contributed by atoms with E-state index in [4.69, 9.17) is 5.48 Å². The Morgan fingerprint density at radius 1 is 1.12 bits per heavy atom. The molecule has 1 heterocycles. The Kier molecular flexibility index (Phi) is 2.87. The number of nitrogens with zero attached hydrogens (tertiary/aromatic N) is 1. The summed E-state index contributed by atoms with van der Waals surface area (Å²) in [5.74, 6) is 1.67. The monoisotopic (exact) mass is 353 g/mol. The fourth-order valence-electron chi connectivity index (χ4n) is 6.95. The first-order valence-electron chi connectivity index (χ1n) is 12.2. The summed E-state index contributed by atoms with van der Waals surface area (Å²) in [6.45, 7) is 4.70. The van der Waals surface area contributed by atoms with Crippen molar-refractivity contribution in [2.24, 2.45) is 28.6 Å². The van der Waals surface area contributed by atoms with Crippen molar-refractivity contribution in [2.45, 2.75) is 64.9 Å². The molecule has 0 spiro atoms. The molecule has 3 unspecified atom stereocenters. The number of aliphatic hydroxyl groups excluding tert-OH is 1. The van der Waals surface area contributed by atoms with Gasteiger partial charge in [-0.15, -0.1) is 0 Å². The molecule has 1 N–H and O–H groups in total. The van der Waals surface area contributed by atoms with Crippen LogP contribution in [0.3, 0.4) is 0 Å².